The molecule has 0 aromatic heterocycles. The second kappa shape index (κ2) is 5.91. The third-order valence-corrected chi connectivity index (χ3v) is 4.01. The fourth-order valence-corrected chi connectivity index (χ4v) is 2.56. The van der Waals surface area contributed by atoms with E-state index < -0.39 is 17.6 Å². The van der Waals surface area contributed by atoms with Crippen molar-refractivity contribution < 1.29 is 18.0 Å². The van der Waals surface area contributed by atoms with Gasteiger partial charge in [0.25, 0.3) is 0 Å². The predicted octanol–water partition coefficient (Wildman–Crippen LogP) is 3.23. The van der Waals surface area contributed by atoms with Crippen molar-refractivity contribution in [2.75, 3.05) is 6.54 Å². The van der Waals surface area contributed by atoms with Gasteiger partial charge in [0.15, 0.2) is 0 Å². The highest BCUT2D eigenvalue weighted by Gasteiger charge is 2.49. The molecule has 6 heteroatoms. The lowest BCUT2D eigenvalue weighted by molar-refractivity contribution is -0.190. The minimum Gasteiger partial charge on any atom is -0.288 e. The lowest BCUT2D eigenvalue weighted by Gasteiger charge is -2.29. The molecule has 0 aliphatic carbocycles. The fourth-order valence-electron chi connectivity index (χ4n) is 2.56. The van der Waals surface area contributed by atoms with Gasteiger partial charge in [-0.15, -0.1) is 0 Å². The Kier molecular flexibility index (Phi) is 4.52. The second-order valence-corrected chi connectivity index (χ2v) is 6.53. The number of halogens is 3. The first kappa shape index (κ1) is 16.8. The molecule has 0 saturated carbocycles. The molecule has 1 amide bonds. The van der Waals surface area contributed by atoms with Crippen LogP contribution in [-0.4, -0.2) is 29.7 Å². The molecule has 2 rings (SSSR count). The Morgan fingerprint density at radius 2 is 1.86 bits per heavy atom. The van der Waals surface area contributed by atoms with Crippen molar-refractivity contribution >= 4 is 5.91 Å². The van der Waals surface area contributed by atoms with Gasteiger partial charge in [0.05, 0.1) is 5.41 Å². The van der Waals surface area contributed by atoms with E-state index in [4.69, 9.17) is 0 Å². The third-order valence-electron chi connectivity index (χ3n) is 4.01. The molecular formula is C16H21F3N2O. The maximum absolute atomic E-state index is 13.3. The zero-order valence-electron chi connectivity index (χ0n) is 13.0. The molecule has 1 heterocycles. The topological polar surface area (TPSA) is 32.3 Å². The highest BCUT2D eigenvalue weighted by molar-refractivity contribution is 5.83. The molecular weight excluding hydrogens is 293 g/mol. The van der Waals surface area contributed by atoms with Gasteiger partial charge in [0, 0.05) is 6.54 Å². The number of hydrogen-bond acceptors (Lipinski definition) is 2. The molecule has 1 fully saturated rings. The van der Waals surface area contributed by atoms with Crippen LogP contribution in [0.15, 0.2) is 24.3 Å². The van der Waals surface area contributed by atoms with E-state index in [0.717, 1.165) is 16.1 Å². The molecule has 0 bridgehead atoms. The Morgan fingerprint density at radius 3 is 2.32 bits per heavy atom. The van der Waals surface area contributed by atoms with Crippen LogP contribution in [0, 0.1) is 12.3 Å². The summed E-state index contributed by atoms with van der Waals surface area (Å²) in [6.07, 6.45) is -4.14. The van der Waals surface area contributed by atoms with Crippen LogP contribution in [0.25, 0.3) is 0 Å². The van der Waals surface area contributed by atoms with Gasteiger partial charge < -0.3 is 0 Å². The van der Waals surface area contributed by atoms with Crippen molar-refractivity contribution in [3.8, 4) is 0 Å². The Morgan fingerprint density at radius 1 is 1.27 bits per heavy atom. The van der Waals surface area contributed by atoms with E-state index >= 15 is 0 Å². The third kappa shape index (κ3) is 3.80. The monoisotopic (exact) mass is 314 g/mol. The van der Waals surface area contributed by atoms with Gasteiger partial charge >= 0.3 is 6.18 Å². The van der Waals surface area contributed by atoms with Crippen molar-refractivity contribution in [1.82, 2.24) is 10.4 Å². The second-order valence-electron chi connectivity index (χ2n) is 6.53. The lowest BCUT2D eigenvalue weighted by atomic mass is 9.94. The first-order chi connectivity index (χ1) is 10.1. The van der Waals surface area contributed by atoms with Gasteiger partial charge in [-0.05, 0) is 39.2 Å². The maximum atomic E-state index is 13.3. The van der Waals surface area contributed by atoms with Crippen molar-refractivity contribution in [1.29, 1.82) is 0 Å². The summed E-state index contributed by atoms with van der Waals surface area (Å²) in [5, 5.41) is 1.04. The van der Waals surface area contributed by atoms with Crippen LogP contribution in [-0.2, 0) is 11.2 Å². The van der Waals surface area contributed by atoms with Gasteiger partial charge in [-0.25, -0.2) is 5.01 Å². The molecule has 1 atom stereocenters. The van der Waals surface area contributed by atoms with Crippen LogP contribution >= 0.6 is 0 Å². The van der Waals surface area contributed by atoms with Crippen LogP contribution in [0.3, 0.4) is 0 Å². The summed E-state index contributed by atoms with van der Waals surface area (Å²) in [6.45, 7) is 5.29. The molecule has 1 aliphatic heterocycles. The smallest absolute Gasteiger partial charge is 0.288 e. The summed E-state index contributed by atoms with van der Waals surface area (Å²) in [5.41, 5.74) is 3.51. The number of nitrogens with one attached hydrogen (secondary N) is 1. The zero-order valence-corrected chi connectivity index (χ0v) is 13.0. The van der Waals surface area contributed by atoms with Crippen molar-refractivity contribution in [2.45, 2.75) is 45.8 Å². The molecule has 1 N–H and O–H groups in total. The first-order valence-corrected chi connectivity index (χ1v) is 7.29. The molecule has 1 saturated heterocycles. The van der Waals surface area contributed by atoms with E-state index in [1.165, 1.54) is 0 Å². The highest BCUT2D eigenvalue weighted by Crippen LogP contribution is 2.33. The molecule has 1 aromatic rings. The van der Waals surface area contributed by atoms with Crippen LogP contribution < -0.4 is 5.43 Å². The summed E-state index contributed by atoms with van der Waals surface area (Å²) in [7, 11) is 0. The SMILES string of the molecule is Cc1ccc(CC[C@H](N2CC(C)(C)C(=O)N2)C(F)(F)F)cc1. The highest BCUT2D eigenvalue weighted by atomic mass is 19.4. The molecule has 122 valence electrons. The average Bonchev–Trinajstić information content (AvgIpc) is 2.64. The summed E-state index contributed by atoms with van der Waals surface area (Å²) in [4.78, 5) is 11.7. The zero-order chi connectivity index (χ0) is 16.5. The van der Waals surface area contributed by atoms with Crippen LogP contribution in [0.5, 0.6) is 0 Å². The first-order valence-electron chi connectivity index (χ1n) is 7.29. The van der Waals surface area contributed by atoms with Gasteiger partial charge in [-0.1, -0.05) is 29.8 Å². The summed E-state index contributed by atoms with van der Waals surface area (Å²) in [6, 6.07) is 5.79. The standard InChI is InChI=1S/C16H21F3N2O/c1-11-4-6-12(7-5-11)8-9-13(16(17,18)19)21-10-15(2,3)14(22)20-21/h4-7,13H,8-10H2,1-3H3,(H,20,22)/t13-/m0/s1. The average molecular weight is 314 g/mol. The number of hydrogen-bond donors (Lipinski definition) is 1. The Balaban J connectivity index is 2.08. The van der Waals surface area contributed by atoms with Gasteiger partial charge in [-0.3, -0.25) is 10.2 Å². The van der Waals surface area contributed by atoms with E-state index in [1.807, 2.05) is 31.2 Å². The number of hydrazine groups is 1. The fraction of sp³-hybridized carbons (Fsp3) is 0.562. The Bertz CT molecular complexity index is 537. The van der Waals surface area contributed by atoms with E-state index in [0.29, 0.717) is 6.42 Å². The molecule has 0 unspecified atom stereocenters. The normalized spacial score (nSPS) is 20.0. The van der Waals surface area contributed by atoms with Gasteiger partial charge in [0.2, 0.25) is 5.91 Å². The minimum atomic E-state index is -4.38. The van der Waals surface area contributed by atoms with Crippen molar-refractivity contribution in [3.63, 3.8) is 0 Å². The molecule has 22 heavy (non-hydrogen) atoms. The molecule has 1 aliphatic rings. The summed E-state index contributed by atoms with van der Waals surface area (Å²) in [5.74, 6) is -0.364. The Hall–Kier alpha value is -1.56. The van der Waals surface area contributed by atoms with Crippen LogP contribution in [0.1, 0.15) is 31.4 Å². The van der Waals surface area contributed by atoms with E-state index in [-0.39, 0.29) is 18.9 Å². The predicted molar refractivity (Wildman–Crippen MR) is 78.0 cm³/mol. The van der Waals surface area contributed by atoms with Crippen molar-refractivity contribution in [3.05, 3.63) is 35.4 Å². The number of alkyl halides is 3. The lowest BCUT2D eigenvalue weighted by Crippen LogP contribution is -2.50. The number of nitrogens with zero attached hydrogens (tertiary/aromatic N) is 1. The van der Waals surface area contributed by atoms with Crippen LogP contribution in [0.4, 0.5) is 13.2 Å². The van der Waals surface area contributed by atoms with Crippen molar-refractivity contribution in [2.24, 2.45) is 5.41 Å². The van der Waals surface area contributed by atoms with E-state index in [1.54, 1.807) is 13.8 Å². The molecule has 1 aromatic carbocycles. The van der Waals surface area contributed by atoms with E-state index in [9.17, 15) is 18.0 Å². The number of carbonyl (C=O) groups excluding carboxylic acids is 1. The van der Waals surface area contributed by atoms with Crippen LogP contribution in [0.2, 0.25) is 0 Å². The van der Waals surface area contributed by atoms with E-state index in [2.05, 4.69) is 5.43 Å². The molecule has 3 nitrogen and oxygen atoms in total. The van der Waals surface area contributed by atoms with Gasteiger partial charge in [-0.2, -0.15) is 13.2 Å². The number of carbonyl (C=O) groups is 1. The summed E-state index contributed by atoms with van der Waals surface area (Å²) < 4.78 is 40.0. The number of aryl methyl sites for hydroxylation is 2. The van der Waals surface area contributed by atoms with Gasteiger partial charge in [0.1, 0.15) is 6.04 Å². The summed E-state index contributed by atoms with van der Waals surface area (Å²) >= 11 is 0. The molecule has 0 radical (unpaired) electrons. The number of rotatable bonds is 4. The number of amides is 1. The molecule has 0 spiro atoms. The maximum Gasteiger partial charge on any atom is 0.405 e. The minimum absolute atomic E-state index is 0.0594. The largest absolute Gasteiger partial charge is 0.405 e. The number of benzene rings is 1. The Labute approximate surface area is 128 Å². The quantitative estimate of drug-likeness (QED) is 0.925.